The molecule has 14 heavy (non-hydrogen) atoms. The maximum Gasteiger partial charge on any atom is 0.168 e. The number of halogens is 1. The van der Waals surface area contributed by atoms with Gasteiger partial charge in [-0.05, 0) is 36.8 Å². The Hall–Kier alpha value is -1.09. The zero-order chi connectivity index (χ0) is 10.6. The maximum atomic E-state index is 12.5. The molecular weight excluding hydrogens is 199 g/mol. The van der Waals surface area contributed by atoms with Crippen molar-refractivity contribution in [3.63, 3.8) is 0 Å². The van der Waals surface area contributed by atoms with Gasteiger partial charge in [0.15, 0.2) is 5.78 Å². The first-order chi connectivity index (χ1) is 6.59. The topological polar surface area (TPSA) is 17.1 Å². The second kappa shape index (κ2) is 4.96. The quantitative estimate of drug-likeness (QED) is 0.561. The van der Waals surface area contributed by atoms with E-state index in [-0.39, 0.29) is 11.6 Å². The number of rotatable bonds is 4. The SMILES string of the molecule is C=C(C)C(=O)CSc1ccc(F)cc1. The monoisotopic (exact) mass is 210 g/mol. The van der Waals surface area contributed by atoms with E-state index < -0.39 is 0 Å². The minimum Gasteiger partial charge on any atom is -0.294 e. The van der Waals surface area contributed by atoms with E-state index in [1.807, 2.05) is 0 Å². The van der Waals surface area contributed by atoms with Crippen LogP contribution >= 0.6 is 11.8 Å². The molecule has 0 aliphatic rings. The molecule has 74 valence electrons. The summed E-state index contributed by atoms with van der Waals surface area (Å²) < 4.78 is 12.5. The molecule has 1 aromatic rings. The summed E-state index contributed by atoms with van der Waals surface area (Å²) in [5.74, 6) is 0.126. The first kappa shape index (κ1) is 11.0. The van der Waals surface area contributed by atoms with Gasteiger partial charge in [-0.1, -0.05) is 6.58 Å². The lowest BCUT2D eigenvalue weighted by atomic mass is 10.2. The van der Waals surface area contributed by atoms with Crippen LogP contribution in [-0.4, -0.2) is 11.5 Å². The third-order valence-corrected chi connectivity index (χ3v) is 2.67. The second-order valence-electron chi connectivity index (χ2n) is 2.95. The molecule has 1 nitrogen and oxygen atoms in total. The molecular formula is C11H11FOS. The van der Waals surface area contributed by atoms with Crippen LogP contribution in [0.4, 0.5) is 4.39 Å². The van der Waals surface area contributed by atoms with Gasteiger partial charge in [0, 0.05) is 4.90 Å². The number of ketones is 1. The molecule has 0 radical (unpaired) electrons. The Morgan fingerprint density at radius 2 is 2.00 bits per heavy atom. The number of carbonyl (C=O) groups is 1. The summed E-state index contributed by atoms with van der Waals surface area (Å²) in [5, 5.41) is 0. The highest BCUT2D eigenvalue weighted by Gasteiger charge is 2.03. The van der Waals surface area contributed by atoms with E-state index >= 15 is 0 Å². The van der Waals surface area contributed by atoms with Crippen molar-refractivity contribution in [2.24, 2.45) is 0 Å². The average Bonchev–Trinajstić information content (AvgIpc) is 2.16. The molecule has 0 atom stereocenters. The molecule has 0 heterocycles. The van der Waals surface area contributed by atoms with E-state index in [2.05, 4.69) is 6.58 Å². The first-order valence-electron chi connectivity index (χ1n) is 4.16. The van der Waals surface area contributed by atoms with Crippen molar-refractivity contribution in [1.82, 2.24) is 0 Å². The van der Waals surface area contributed by atoms with E-state index in [9.17, 15) is 9.18 Å². The molecule has 0 unspecified atom stereocenters. The molecule has 0 N–H and O–H groups in total. The van der Waals surface area contributed by atoms with Crippen LogP contribution in [0.15, 0.2) is 41.3 Å². The number of Topliss-reactive ketones (excluding diaryl/α,β-unsaturated/α-hetero) is 1. The summed E-state index contributed by atoms with van der Waals surface area (Å²) in [6.45, 7) is 5.25. The predicted molar refractivity (Wildman–Crippen MR) is 56.9 cm³/mol. The van der Waals surface area contributed by atoms with Gasteiger partial charge in [-0.25, -0.2) is 4.39 Å². The minimum atomic E-state index is -0.263. The zero-order valence-corrected chi connectivity index (χ0v) is 8.73. The fourth-order valence-electron chi connectivity index (χ4n) is 0.803. The summed E-state index contributed by atoms with van der Waals surface area (Å²) in [6, 6.07) is 6.08. The van der Waals surface area contributed by atoms with Crippen LogP contribution in [0.25, 0.3) is 0 Å². The summed E-state index contributed by atoms with van der Waals surface area (Å²) in [5.41, 5.74) is 0.555. The van der Waals surface area contributed by atoms with Crippen molar-refractivity contribution in [1.29, 1.82) is 0 Å². The van der Waals surface area contributed by atoms with Crippen molar-refractivity contribution < 1.29 is 9.18 Å². The Morgan fingerprint density at radius 3 is 2.50 bits per heavy atom. The van der Waals surface area contributed by atoms with Gasteiger partial charge in [0.25, 0.3) is 0 Å². The van der Waals surface area contributed by atoms with E-state index in [0.717, 1.165) is 4.90 Å². The van der Waals surface area contributed by atoms with Gasteiger partial charge in [0.1, 0.15) is 5.82 Å². The van der Waals surface area contributed by atoms with Gasteiger partial charge in [-0.15, -0.1) is 11.8 Å². The zero-order valence-electron chi connectivity index (χ0n) is 7.92. The Balaban J connectivity index is 2.50. The summed E-state index contributed by atoms with van der Waals surface area (Å²) in [4.78, 5) is 12.1. The molecule has 0 saturated heterocycles. The molecule has 1 rings (SSSR count). The van der Waals surface area contributed by atoms with Crippen LogP contribution in [0.3, 0.4) is 0 Å². The highest BCUT2D eigenvalue weighted by atomic mass is 32.2. The highest BCUT2D eigenvalue weighted by molar-refractivity contribution is 8.00. The Bertz CT molecular complexity index is 343. The van der Waals surface area contributed by atoms with Crippen molar-refractivity contribution in [2.75, 3.05) is 5.75 Å². The summed E-state index contributed by atoms with van der Waals surface area (Å²) in [7, 11) is 0. The molecule has 0 aliphatic carbocycles. The second-order valence-corrected chi connectivity index (χ2v) is 3.99. The van der Waals surface area contributed by atoms with E-state index in [1.54, 1.807) is 19.1 Å². The van der Waals surface area contributed by atoms with Crippen LogP contribution in [0.2, 0.25) is 0 Å². The Morgan fingerprint density at radius 1 is 1.43 bits per heavy atom. The average molecular weight is 210 g/mol. The Kier molecular flexibility index (Phi) is 3.89. The lowest BCUT2D eigenvalue weighted by Crippen LogP contribution is -2.01. The largest absolute Gasteiger partial charge is 0.294 e. The summed E-state index contributed by atoms with van der Waals surface area (Å²) >= 11 is 1.39. The molecule has 1 aromatic carbocycles. The Labute approximate surface area is 87.0 Å². The van der Waals surface area contributed by atoms with Crippen LogP contribution < -0.4 is 0 Å². The number of allylic oxidation sites excluding steroid dienone is 1. The molecule has 0 spiro atoms. The fraction of sp³-hybridized carbons (Fsp3) is 0.182. The molecule has 0 saturated carbocycles. The van der Waals surface area contributed by atoms with E-state index in [4.69, 9.17) is 0 Å². The van der Waals surface area contributed by atoms with Gasteiger partial charge in [-0.2, -0.15) is 0 Å². The summed E-state index contributed by atoms with van der Waals surface area (Å²) in [6.07, 6.45) is 0. The molecule has 0 bridgehead atoms. The number of hydrogen-bond acceptors (Lipinski definition) is 2. The van der Waals surface area contributed by atoms with Crippen molar-refractivity contribution in [3.05, 3.63) is 42.2 Å². The number of benzene rings is 1. The highest BCUT2D eigenvalue weighted by Crippen LogP contribution is 2.18. The number of carbonyl (C=O) groups excluding carboxylic acids is 1. The third-order valence-electron chi connectivity index (χ3n) is 1.66. The van der Waals surface area contributed by atoms with Crippen molar-refractivity contribution in [2.45, 2.75) is 11.8 Å². The van der Waals surface area contributed by atoms with E-state index in [1.165, 1.54) is 23.9 Å². The van der Waals surface area contributed by atoms with Crippen molar-refractivity contribution in [3.8, 4) is 0 Å². The molecule has 0 aromatic heterocycles. The fourth-order valence-corrected chi connectivity index (χ4v) is 1.68. The van der Waals surface area contributed by atoms with Crippen LogP contribution in [-0.2, 0) is 4.79 Å². The van der Waals surface area contributed by atoms with Crippen molar-refractivity contribution >= 4 is 17.5 Å². The van der Waals surface area contributed by atoms with Gasteiger partial charge < -0.3 is 0 Å². The molecule has 0 aliphatic heterocycles. The van der Waals surface area contributed by atoms with Gasteiger partial charge in [0.2, 0.25) is 0 Å². The number of hydrogen-bond donors (Lipinski definition) is 0. The predicted octanol–water partition coefficient (Wildman–Crippen LogP) is 3.06. The lowest BCUT2D eigenvalue weighted by molar-refractivity contribution is -0.113. The van der Waals surface area contributed by atoms with Gasteiger partial charge >= 0.3 is 0 Å². The van der Waals surface area contributed by atoms with Crippen LogP contribution in [0.1, 0.15) is 6.92 Å². The lowest BCUT2D eigenvalue weighted by Gasteiger charge is -2.00. The van der Waals surface area contributed by atoms with Crippen LogP contribution in [0, 0.1) is 5.82 Å². The number of thioether (sulfide) groups is 1. The molecule has 3 heteroatoms. The maximum absolute atomic E-state index is 12.5. The standard InChI is InChI=1S/C11H11FOS/c1-8(2)11(13)7-14-10-5-3-9(12)4-6-10/h3-6H,1,7H2,2H3. The van der Waals surface area contributed by atoms with Gasteiger partial charge in [0.05, 0.1) is 5.75 Å². The third kappa shape index (κ3) is 3.34. The molecule has 0 fully saturated rings. The van der Waals surface area contributed by atoms with Crippen LogP contribution in [0.5, 0.6) is 0 Å². The van der Waals surface area contributed by atoms with E-state index in [0.29, 0.717) is 11.3 Å². The molecule has 0 amide bonds. The smallest absolute Gasteiger partial charge is 0.168 e. The van der Waals surface area contributed by atoms with Gasteiger partial charge in [-0.3, -0.25) is 4.79 Å². The minimum absolute atomic E-state index is 0.0272. The normalized spacial score (nSPS) is 9.86. The first-order valence-corrected chi connectivity index (χ1v) is 5.15.